The SMILES string of the molecule is CN1C(c2cccc(Br)c2)=NC(C)(c2ccccc2)NC1c1ccccc1. The van der Waals surface area contributed by atoms with Crippen LogP contribution in [-0.2, 0) is 5.66 Å². The number of nitrogens with one attached hydrogen (secondary N) is 1. The zero-order chi connectivity index (χ0) is 18.9. The molecular formula is C23H22BrN3. The van der Waals surface area contributed by atoms with Crippen LogP contribution < -0.4 is 5.32 Å². The second kappa shape index (κ2) is 7.29. The molecule has 27 heavy (non-hydrogen) atoms. The van der Waals surface area contributed by atoms with Gasteiger partial charge >= 0.3 is 0 Å². The average Bonchev–Trinajstić information content (AvgIpc) is 2.71. The molecule has 0 fully saturated rings. The highest BCUT2D eigenvalue weighted by Crippen LogP contribution is 2.34. The van der Waals surface area contributed by atoms with Crippen molar-refractivity contribution in [3.8, 4) is 0 Å². The summed E-state index contributed by atoms with van der Waals surface area (Å²) in [6.07, 6.45) is 0.0166. The standard InChI is InChI=1S/C23H22BrN3/c1-23(19-13-7-4-8-14-19)25-21(17-10-5-3-6-11-17)27(2)22(26-23)18-12-9-15-20(24)16-18/h3-16,21,25H,1-2H3. The molecule has 2 unspecified atom stereocenters. The summed E-state index contributed by atoms with van der Waals surface area (Å²) in [4.78, 5) is 7.37. The van der Waals surface area contributed by atoms with Crippen molar-refractivity contribution < 1.29 is 0 Å². The second-order valence-electron chi connectivity index (χ2n) is 6.95. The molecule has 3 aromatic rings. The van der Waals surface area contributed by atoms with Gasteiger partial charge in [-0.2, -0.15) is 0 Å². The summed E-state index contributed by atoms with van der Waals surface area (Å²) in [6.45, 7) is 2.14. The van der Waals surface area contributed by atoms with Gasteiger partial charge in [0.1, 0.15) is 17.7 Å². The van der Waals surface area contributed by atoms with Crippen molar-refractivity contribution >= 4 is 21.8 Å². The summed E-state index contributed by atoms with van der Waals surface area (Å²) < 4.78 is 1.05. The Kier molecular flexibility index (Phi) is 4.85. The summed E-state index contributed by atoms with van der Waals surface area (Å²) in [7, 11) is 2.09. The van der Waals surface area contributed by atoms with Gasteiger partial charge in [-0.3, -0.25) is 5.32 Å². The highest BCUT2D eigenvalue weighted by Gasteiger charge is 2.37. The van der Waals surface area contributed by atoms with Crippen LogP contribution in [0.4, 0.5) is 0 Å². The van der Waals surface area contributed by atoms with Crippen molar-refractivity contribution in [2.75, 3.05) is 7.05 Å². The lowest BCUT2D eigenvalue weighted by Crippen LogP contribution is -2.53. The van der Waals surface area contributed by atoms with Crippen LogP contribution in [0.15, 0.2) is 94.4 Å². The van der Waals surface area contributed by atoms with Crippen molar-refractivity contribution in [1.82, 2.24) is 10.2 Å². The lowest BCUT2D eigenvalue weighted by Gasteiger charge is -2.44. The molecule has 0 amide bonds. The molecule has 2 atom stereocenters. The number of rotatable bonds is 3. The third-order valence-corrected chi connectivity index (χ3v) is 5.50. The molecule has 0 aromatic heterocycles. The van der Waals surface area contributed by atoms with E-state index < -0.39 is 5.66 Å². The Bertz CT molecular complexity index is 956. The second-order valence-corrected chi connectivity index (χ2v) is 7.87. The number of nitrogens with zero attached hydrogens (tertiary/aromatic N) is 2. The highest BCUT2D eigenvalue weighted by molar-refractivity contribution is 9.10. The first-order valence-corrected chi connectivity index (χ1v) is 9.83. The maximum absolute atomic E-state index is 5.16. The van der Waals surface area contributed by atoms with E-state index >= 15 is 0 Å². The molecule has 4 rings (SSSR count). The number of halogens is 1. The first-order chi connectivity index (χ1) is 13.1. The van der Waals surface area contributed by atoms with E-state index in [9.17, 15) is 0 Å². The molecule has 0 saturated heterocycles. The van der Waals surface area contributed by atoms with Gasteiger partial charge < -0.3 is 4.90 Å². The fourth-order valence-corrected chi connectivity index (χ4v) is 3.96. The molecule has 1 aliphatic rings. The van der Waals surface area contributed by atoms with Crippen LogP contribution in [0, 0.1) is 0 Å². The molecule has 3 aromatic carbocycles. The lowest BCUT2D eigenvalue weighted by molar-refractivity contribution is 0.197. The molecule has 3 nitrogen and oxygen atoms in total. The van der Waals surface area contributed by atoms with Crippen LogP contribution in [0.2, 0.25) is 0 Å². The van der Waals surface area contributed by atoms with Gasteiger partial charge in [-0.15, -0.1) is 0 Å². The Labute approximate surface area is 168 Å². The number of hydrogen-bond acceptors (Lipinski definition) is 3. The van der Waals surface area contributed by atoms with Crippen LogP contribution >= 0.6 is 15.9 Å². The van der Waals surface area contributed by atoms with E-state index in [0.717, 1.165) is 21.4 Å². The Morgan fingerprint density at radius 2 is 1.59 bits per heavy atom. The van der Waals surface area contributed by atoms with E-state index in [4.69, 9.17) is 4.99 Å². The van der Waals surface area contributed by atoms with Crippen LogP contribution in [0.3, 0.4) is 0 Å². The van der Waals surface area contributed by atoms with Gasteiger partial charge in [-0.25, -0.2) is 4.99 Å². The van der Waals surface area contributed by atoms with Crippen LogP contribution in [-0.4, -0.2) is 17.8 Å². The quantitative estimate of drug-likeness (QED) is 0.623. The fourth-order valence-electron chi connectivity index (χ4n) is 3.56. The largest absolute Gasteiger partial charge is 0.340 e. The van der Waals surface area contributed by atoms with Gasteiger partial charge in [0, 0.05) is 17.1 Å². The monoisotopic (exact) mass is 419 g/mol. The zero-order valence-electron chi connectivity index (χ0n) is 15.4. The summed E-state index contributed by atoms with van der Waals surface area (Å²) >= 11 is 3.59. The Morgan fingerprint density at radius 3 is 2.26 bits per heavy atom. The summed E-state index contributed by atoms with van der Waals surface area (Å²) in [5.41, 5.74) is 2.93. The van der Waals surface area contributed by atoms with E-state index in [2.05, 4.69) is 107 Å². The molecule has 4 heteroatoms. The normalized spacial score (nSPS) is 22.4. The van der Waals surface area contributed by atoms with Crippen molar-refractivity contribution in [2.24, 2.45) is 4.99 Å². The van der Waals surface area contributed by atoms with Gasteiger partial charge in [-0.05, 0) is 30.2 Å². The van der Waals surface area contributed by atoms with Gasteiger partial charge in [0.2, 0.25) is 0 Å². The number of aliphatic imine (C=N–C) groups is 1. The molecule has 0 bridgehead atoms. The molecule has 0 saturated carbocycles. The summed E-state index contributed by atoms with van der Waals surface area (Å²) in [5, 5.41) is 3.75. The van der Waals surface area contributed by atoms with Crippen LogP contribution in [0.1, 0.15) is 29.8 Å². The number of hydrogen-bond donors (Lipinski definition) is 1. The van der Waals surface area contributed by atoms with Gasteiger partial charge in [-0.1, -0.05) is 88.7 Å². The molecule has 1 heterocycles. The van der Waals surface area contributed by atoms with Gasteiger partial charge in [0.25, 0.3) is 0 Å². The van der Waals surface area contributed by atoms with Crippen LogP contribution in [0.5, 0.6) is 0 Å². The van der Waals surface area contributed by atoms with Crippen LogP contribution in [0.25, 0.3) is 0 Å². The highest BCUT2D eigenvalue weighted by atomic mass is 79.9. The average molecular weight is 420 g/mol. The van der Waals surface area contributed by atoms with Crippen molar-refractivity contribution in [3.05, 3.63) is 106 Å². The molecule has 0 radical (unpaired) electrons. The summed E-state index contributed by atoms with van der Waals surface area (Å²) in [6, 6.07) is 29.3. The number of benzene rings is 3. The van der Waals surface area contributed by atoms with E-state index in [1.165, 1.54) is 5.56 Å². The predicted octanol–water partition coefficient (Wildman–Crippen LogP) is 5.30. The molecule has 1 N–H and O–H groups in total. The third kappa shape index (κ3) is 3.55. The van der Waals surface area contributed by atoms with Crippen molar-refractivity contribution in [1.29, 1.82) is 0 Å². The maximum Gasteiger partial charge on any atom is 0.137 e. The van der Waals surface area contributed by atoms with Gasteiger partial charge in [0.05, 0.1) is 0 Å². The zero-order valence-corrected chi connectivity index (χ0v) is 17.0. The predicted molar refractivity (Wildman–Crippen MR) is 115 cm³/mol. The minimum atomic E-state index is -0.522. The van der Waals surface area contributed by atoms with E-state index in [1.54, 1.807) is 0 Å². The molecule has 0 aliphatic carbocycles. The minimum Gasteiger partial charge on any atom is -0.340 e. The van der Waals surface area contributed by atoms with Crippen molar-refractivity contribution in [2.45, 2.75) is 18.8 Å². The molecular weight excluding hydrogens is 398 g/mol. The lowest BCUT2D eigenvalue weighted by atomic mass is 9.97. The molecule has 0 spiro atoms. The van der Waals surface area contributed by atoms with Crippen molar-refractivity contribution in [3.63, 3.8) is 0 Å². The molecule has 1 aliphatic heterocycles. The minimum absolute atomic E-state index is 0.0166. The summed E-state index contributed by atoms with van der Waals surface area (Å²) in [5.74, 6) is 0.968. The smallest absolute Gasteiger partial charge is 0.137 e. The first-order valence-electron chi connectivity index (χ1n) is 9.04. The molecule has 136 valence electrons. The Morgan fingerprint density at radius 1 is 0.926 bits per heavy atom. The van der Waals surface area contributed by atoms with Gasteiger partial charge in [0.15, 0.2) is 0 Å². The first kappa shape index (κ1) is 18.0. The Hall–Kier alpha value is -2.43. The fraction of sp³-hybridized carbons (Fsp3) is 0.174. The maximum atomic E-state index is 5.16. The van der Waals surface area contributed by atoms with E-state index in [-0.39, 0.29) is 6.17 Å². The Balaban J connectivity index is 1.87. The van der Waals surface area contributed by atoms with E-state index in [0.29, 0.717) is 0 Å². The topological polar surface area (TPSA) is 27.6 Å². The third-order valence-electron chi connectivity index (χ3n) is 5.00. The number of amidine groups is 1. The van der Waals surface area contributed by atoms with E-state index in [1.807, 2.05) is 18.2 Å².